The number of carbonyl (C=O) groups excluding carboxylic acids is 2. The topological polar surface area (TPSA) is 58.2 Å². The predicted molar refractivity (Wildman–Crippen MR) is 115 cm³/mol. The summed E-state index contributed by atoms with van der Waals surface area (Å²) in [7, 11) is 0. The molecule has 2 aromatic carbocycles. The Kier molecular flexibility index (Phi) is 6.61. The number of benzene rings is 2. The highest BCUT2D eigenvalue weighted by atomic mass is 32.1. The number of hydrogen-bond acceptors (Lipinski definition) is 3. The molecule has 5 heteroatoms. The first-order valence-electron chi connectivity index (χ1n) is 9.32. The van der Waals surface area contributed by atoms with E-state index >= 15 is 0 Å². The van der Waals surface area contributed by atoms with Crippen LogP contribution in [0.15, 0.2) is 72.1 Å². The molecule has 1 unspecified atom stereocenters. The van der Waals surface area contributed by atoms with Crippen molar-refractivity contribution in [2.75, 3.05) is 11.9 Å². The third-order valence-corrected chi connectivity index (χ3v) is 5.51. The SMILES string of the molecule is CC(C)C(CNC(=O)c1cccc(NC(=O)c2cccs2)c1)c1ccccc1. The van der Waals surface area contributed by atoms with E-state index in [1.54, 1.807) is 30.3 Å². The Morgan fingerprint density at radius 2 is 1.71 bits per heavy atom. The van der Waals surface area contributed by atoms with Crippen LogP contribution in [0.25, 0.3) is 0 Å². The molecule has 0 spiro atoms. The summed E-state index contributed by atoms with van der Waals surface area (Å²) in [4.78, 5) is 25.5. The monoisotopic (exact) mass is 392 g/mol. The Labute approximate surface area is 169 Å². The number of rotatable bonds is 7. The van der Waals surface area contributed by atoms with E-state index in [-0.39, 0.29) is 17.7 Å². The van der Waals surface area contributed by atoms with Crippen molar-refractivity contribution in [2.24, 2.45) is 5.92 Å². The van der Waals surface area contributed by atoms with E-state index in [0.29, 0.717) is 28.6 Å². The minimum atomic E-state index is -0.170. The summed E-state index contributed by atoms with van der Waals surface area (Å²) in [5.74, 6) is 0.330. The lowest BCUT2D eigenvalue weighted by Crippen LogP contribution is -2.30. The number of amides is 2. The zero-order valence-electron chi connectivity index (χ0n) is 16.0. The highest BCUT2D eigenvalue weighted by molar-refractivity contribution is 7.12. The van der Waals surface area contributed by atoms with Crippen LogP contribution in [0.2, 0.25) is 0 Å². The Balaban J connectivity index is 1.65. The molecule has 28 heavy (non-hydrogen) atoms. The van der Waals surface area contributed by atoms with Gasteiger partial charge in [-0.2, -0.15) is 0 Å². The summed E-state index contributed by atoms with van der Waals surface area (Å²) in [5.41, 5.74) is 2.35. The molecular weight excluding hydrogens is 368 g/mol. The fourth-order valence-electron chi connectivity index (χ4n) is 3.08. The van der Waals surface area contributed by atoms with Crippen molar-refractivity contribution >= 4 is 28.8 Å². The average Bonchev–Trinajstić information content (AvgIpc) is 3.24. The van der Waals surface area contributed by atoms with Gasteiger partial charge in [-0.3, -0.25) is 9.59 Å². The standard InChI is InChI=1S/C23H24N2O2S/c1-16(2)20(17-8-4-3-5-9-17)15-24-22(26)18-10-6-11-19(14-18)25-23(27)21-12-7-13-28-21/h3-14,16,20H,15H2,1-2H3,(H,24,26)(H,25,27). The third-order valence-electron chi connectivity index (χ3n) is 4.64. The first kappa shape index (κ1) is 19.8. The fourth-order valence-corrected chi connectivity index (χ4v) is 3.70. The van der Waals surface area contributed by atoms with E-state index in [1.807, 2.05) is 29.6 Å². The lowest BCUT2D eigenvalue weighted by atomic mass is 9.88. The number of nitrogens with one attached hydrogen (secondary N) is 2. The maximum Gasteiger partial charge on any atom is 0.265 e. The first-order valence-corrected chi connectivity index (χ1v) is 10.2. The number of anilines is 1. The van der Waals surface area contributed by atoms with E-state index in [9.17, 15) is 9.59 Å². The van der Waals surface area contributed by atoms with Gasteiger partial charge >= 0.3 is 0 Å². The van der Waals surface area contributed by atoms with Crippen molar-refractivity contribution in [2.45, 2.75) is 19.8 Å². The van der Waals surface area contributed by atoms with Crippen molar-refractivity contribution in [3.8, 4) is 0 Å². The van der Waals surface area contributed by atoms with E-state index in [2.05, 4.69) is 36.6 Å². The molecule has 0 saturated carbocycles. The quantitative estimate of drug-likeness (QED) is 0.583. The van der Waals surface area contributed by atoms with E-state index in [4.69, 9.17) is 0 Å². The van der Waals surface area contributed by atoms with Crippen molar-refractivity contribution in [1.29, 1.82) is 0 Å². The number of carbonyl (C=O) groups is 2. The second kappa shape index (κ2) is 9.33. The van der Waals surface area contributed by atoms with Gasteiger partial charge in [0, 0.05) is 23.7 Å². The zero-order chi connectivity index (χ0) is 19.9. The second-order valence-electron chi connectivity index (χ2n) is 6.98. The van der Waals surface area contributed by atoms with Crippen LogP contribution in [0, 0.1) is 5.92 Å². The summed E-state index contributed by atoms with van der Waals surface area (Å²) in [6.45, 7) is 4.88. The fraction of sp³-hybridized carbons (Fsp3) is 0.217. The van der Waals surface area contributed by atoms with Gasteiger partial charge in [0.1, 0.15) is 0 Å². The van der Waals surface area contributed by atoms with Gasteiger partial charge < -0.3 is 10.6 Å². The summed E-state index contributed by atoms with van der Waals surface area (Å²) in [6.07, 6.45) is 0. The molecule has 1 heterocycles. The van der Waals surface area contributed by atoms with E-state index in [1.165, 1.54) is 16.9 Å². The minimum absolute atomic E-state index is 0.145. The van der Waals surface area contributed by atoms with Gasteiger partial charge in [-0.15, -0.1) is 11.3 Å². The molecular formula is C23H24N2O2S. The summed E-state index contributed by atoms with van der Waals surface area (Å²) < 4.78 is 0. The van der Waals surface area contributed by atoms with Crippen molar-refractivity contribution in [1.82, 2.24) is 5.32 Å². The van der Waals surface area contributed by atoms with Crippen LogP contribution >= 0.6 is 11.3 Å². The highest BCUT2D eigenvalue weighted by Crippen LogP contribution is 2.23. The van der Waals surface area contributed by atoms with Gasteiger partial charge in [-0.25, -0.2) is 0 Å². The average molecular weight is 393 g/mol. The number of hydrogen-bond donors (Lipinski definition) is 2. The molecule has 0 bridgehead atoms. The first-order chi connectivity index (χ1) is 13.5. The van der Waals surface area contributed by atoms with Gasteiger partial charge in [-0.1, -0.05) is 56.3 Å². The summed E-state index contributed by atoms with van der Waals surface area (Å²) in [5, 5.41) is 7.74. The van der Waals surface area contributed by atoms with Gasteiger partial charge in [0.25, 0.3) is 11.8 Å². The highest BCUT2D eigenvalue weighted by Gasteiger charge is 2.17. The molecule has 0 radical (unpaired) electrons. The van der Waals surface area contributed by atoms with Gasteiger partial charge in [-0.05, 0) is 41.1 Å². The van der Waals surface area contributed by atoms with Gasteiger partial charge in [0.05, 0.1) is 4.88 Å². The minimum Gasteiger partial charge on any atom is -0.351 e. The van der Waals surface area contributed by atoms with Gasteiger partial charge in [0.2, 0.25) is 0 Å². The zero-order valence-corrected chi connectivity index (χ0v) is 16.8. The smallest absolute Gasteiger partial charge is 0.265 e. The Morgan fingerprint density at radius 3 is 2.39 bits per heavy atom. The normalized spacial score (nSPS) is 11.8. The van der Waals surface area contributed by atoms with Crippen LogP contribution < -0.4 is 10.6 Å². The maximum atomic E-state index is 12.6. The maximum absolute atomic E-state index is 12.6. The predicted octanol–water partition coefficient (Wildman–Crippen LogP) is 5.17. The molecule has 0 aliphatic carbocycles. The third kappa shape index (κ3) is 5.08. The Bertz CT molecular complexity index is 921. The largest absolute Gasteiger partial charge is 0.351 e. The van der Waals surface area contributed by atoms with Crippen LogP contribution in [0.3, 0.4) is 0 Å². The van der Waals surface area contributed by atoms with Crippen molar-refractivity contribution in [3.05, 3.63) is 88.1 Å². The van der Waals surface area contributed by atoms with E-state index < -0.39 is 0 Å². The number of thiophene rings is 1. The molecule has 1 aromatic heterocycles. The molecule has 4 nitrogen and oxygen atoms in total. The molecule has 144 valence electrons. The van der Waals surface area contributed by atoms with Crippen LogP contribution in [0.5, 0.6) is 0 Å². The molecule has 2 amide bonds. The molecule has 0 aliphatic heterocycles. The lowest BCUT2D eigenvalue weighted by Gasteiger charge is -2.22. The van der Waals surface area contributed by atoms with Crippen molar-refractivity contribution in [3.63, 3.8) is 0 Å². The van der Waals surface area contributed by atoms with Gasteiger partial charge in [0.15, 0.2) is 0 Å². The van der Waals surface area contributed by atoms with E-state index in [0.717, 1.165) is 0 Å². The molecule has 3 rings (SSSR count). The second-order valence-corrected chi connectivity index (χ2v) is 7.93. The molecule has 2 N–H and O–H groups in total. The molecule has 1 atom stereocenters. The van der Waals surface area contributed by atoms with Crippen molar-refractivity contribution < 1.29 is 9.59 Å². The molecule has 0 fully saturated rings. The Morgan fingerprint density at radius 1 is 0.929 bits per heavy atom. The Hall–Kier alpha value is -2.92. The lowest BCUT2D eigenvalue weighted by molar-refractivity contribution is 0.0947. The summed E-state index contributed by atoms with van der Waals surface area (Å²) in [6, 6.07) is 20.8. The molecule has 0 saturated heterocycles. The molecule has 3 aromatic rings. The van der Waals surface area contributed by atoms with Crippen LogP contribution in [0.4, 0.5) is 5.69 Å². The van der Waals surface area contributed by atoms with Crippen LogP contribution in [0.1, 0.15) is 45.4 Å². The van der Waals surface area contributed by atoms with Crippen LogP contribution in [-0.2, 0) is 0 Å². The molecule has 0 aliphatic rings. The van der Waals surface area contributed by atoms with Crippen LogP contribution in [-0.4, -0.2) is 18.4 Å². The summed E-state index contributed by atoms with van der Waals surface area (Å²) >= 11 is 1.38.